The largest absolute Gasteiger partial charge is 0.469 e. The van der Waals surface area contributed by atoms with Crippen LogP contribution in [0.15, 0.2) is 23.3 Å². The number of rotatable bonds is 4. The summed E-state index contributed by atoms with van der Waals surface area (Å²) in [7, 11) is 1.20. The van der Waals surface area contributed by atoms with Gasteiger partial charge >= 0.3 is 17.9 Å². The summed E-state index contributed by atoms with van der Waals surface area (Å²) in [6.45, 7) is 10.5. The molecule has 0 amide bonds. The smallest absolute Gasteiger partial charge is 0.335 e. The van der Waals surface area contributed by atoms with Crippen LogP contribution < -0.4 is 0 Å². The van der Waals surface area contributed by atoms with Gasteiger partial charge in [0, 0.05) is 17.6 Å². The molecule has 0 aromatic carbocycles. The van der Waals surface area contributed by atoms with Gasteiger partial charge in [-0.1, -0.05) is 11.6 Å². The van der Waals surface area contributed by atoms with Crippen LogP contribution in [0.4, 0.5) is 0 Å². The van der Waals surface area contributed by atoms with E-state index >= 15 is 0 Å². The highest BCUT2D eigenvalue weighted by molar-refractivity contribution is 5.97. The van der Waals surface area contributed by atoms with Crippen LogP contribution in [0.5, 0.6) is 0 Å². The first-order valence-electron chi connectivity index (χ1n) is 9.66. The third-order valence-corrected chi connectivity index (χ3v) is 4.08. The third kappa shape index (κ3) is 8.21. The molecule has 2 atom stereocenters. The number of ether oxygens (including phenoxy) is 3. The van der Waals surface area contributed by atoms with E-state index in [2.05, 4.69) is 0 Å². The van der Waals surface area contributed by atoms with Crippen LogP contribution in [0.2, 0.25) is 0 Å². The van der Waals surface area contributed by atoms with Crippen LogP contribution in [-0.4, -0.2) is 42.5 Å². The van der Waals surface area contributed by atoms with Gasteiger partial charge in [-0.3, -0.25) is 4.79 Å². The second-order valence-corrected chi connectivity index (χ2v) is 9.04. The van der Waals surface area contributed by atoms with E-state index in [0.717, 1.165) is 0 Å². The molecule has 0 bridgehead atoms. The van der Waals surface area contributed by atoms with Crippen molar-refractivity contribution in [2.45, 2.75) is 72.0 Å². The van der Waals surface area contributed by atoms with Gasteiger partial charge in [0.1, 0.15) is 17.5 Å². The Morgan fingerprint density at radius 1 is 1.03 bits per heavy atom. The Labute approximate surface area is 172 Å². The van der Waals surface area contributed by atoms with Crippen LogP contribution in [-0.2, 0) is 33.4 Å². The van der Waals surface area contributed by atoms with E-state index in [1.165, 1.54) is 13.2 Å². The summed E-state index contributed by atoms with van der Waals surface area (Å²) in [5.74, 6) is -3.83. The number of methoxy groups -OCH3 is 1. The average molecular weight is 408 g/mol. The molecule has 29 heavy (non-hydrogen) atoms. The number of esters is 3. The summed E-state index contributed by atoms with van der Waals surface area (Å²) in [5, 5.41) is 0. The topological polar surface area (TPSA) is 96.0 Å². The van der Waals surface area contributed by atoms with Gasteiger partial charge in [-0.2, -0.15) is 0 Å². The number of carbonyl (C=O) groups is 4. The second kappa shape index (κ2) is 9.85. The van der Waals surface area contributed by atoms with Crippen LogP contribution in [0.25, 0.3) is 0 Å². The number of hydrogen-bond acceptors (Lipinski definition) is 7. The molecular weight excluding hydrogens is 376 g/mol. The lowest BCUT2D eigenvalue weighted by Crippen LogP contribution is -2.35. The van der Waals surface area contributed by atoms with Crippen molar-refractivity contribution in [1.82, 2.24) is 0 Å². The van der Waals surface area contributed by atoms with E-state index in [-0.39, 0.29) is 12.0 Å². The van der Waals surface area contributed by atoms with Gasteiger partial charge in [-0.15, -0.1) is 0 Å². The Hall–Kier alpha value is -2.44. The van der Waals surface area contributed by atoms with Crippen LogP contribution in [0.1, 0.15) is 60.8 Å². The van der Waals surface area contributed by atoms with E-state index in [9.17, 15) is 19.2 Å². The zero-order chi connectivity index (χ0) is 22.4. The number of aldehydes is 1. The summed E-state index contributed by atoms with van der Waals surface area (Å²) in [6, 6.07) is 0. The van der Waals surface area contributed by atoms with Crippen molar-refractivity contribution in [3.05, 3.63) is 23.3 Å². The molecule has 0 N–H and O–H groups in total. The maximum absolute atomic E-state index is 12.7. The van der Waals surface area contributed by atoms with Crippen LogP contribution in [0, 0.1) is 11.8 Å². The highest BCUT2D eigenvalue weighted by atomic mass is 16.6. The molecule has 1 aliphatic carbocycles. The Kier molecular flexibility index (Phi) is 8.36. The van der Waals surface area contributed by atoms with Crippen molar-refractivity contribution in [2.75, 3.05) is 7.11 Å². The van der Waals surface area contributed by atoms with Crippen molar-refractivity contribution in [1.29, 1.82) is 0 Å². The van der Waals surface area contributed by atoms with Crippen molar-refractivity contribution in [2.24, 2.45) is 11.8 Å². The molecule has 7 nitrogen and oxygen atoms in total. The minimum Gasteiger partial charge on any atom is -0.469 e. The normalized spacial score (nSPS) is 22.0. The lowest BCUT2D eigenvalue weighted by Gasteiger charge is -2.28. The molecule has 2 unspecified atom stereocenters. The predicted molar refractivity (Wildman–Crippen MR) is 107 cm³/mol. The zero-order valence-corrected chi connectivity index (χ0v) is 18.4. The molecule has 1 aliphatic rings. The third-order valence-electron chi connectivity index (χ3n) is 4.08. The standard InChI is InChI=1S/C22H32O7/c1-21(2,3)28-17(24)12-14-9-8-10-16(19(25)29-22(4,5)6)18(20(26)27-7)15(11-14)13-23/h10,12-13,15,18H,8-9,11H2,1-7H3. The van der Waals surface area contributed by atoms with Crippen molar-refractivity contribution in [3.63, 3.8) is 0 Å². The van der Waals surface area contributed by atoms with Crippen LogP contribution >= 0.6 is 0 Å². The zero-order valence-electron chi connectivity index (χ0n) is 18.4. The molecule has 0 heterocycles. The van der Waals surface area contributed by atoms with Gasteiger partial charge in [-0.25, -0.2) is 9.59 Å². The molecule has 0 saturated carbocycles. The number of allylic oxidation sites excluding steroid dienone is 2. The Balaban J connectivity index is 3.27. The molecule has 7 heteroatoms. The highest BCUT2D eigenvalue weighted by Gasteiger charge is 2.39. The van der Waals surface area contributed by atoms with Gasteiger partial charge < -0.3 is 19.0 Å². The molecule has 0 spiro atoms. The van der Waals surface area contributed by atoms with Crippen molar-refractivity contribution >= 4 is 24.2 Å². The minimum absolute atomic E-state index is 0.111. The van der Waals surface area contributed by atoms with Gasteiger partial charge in [0.15, 0.2) is 0 Å². The van der Waals surface area contributed by atoms with E-state index in [0.29, 0.717) is 24.7 Å². The SMILES string of the molecule is COC(=O)C1C(C(=O)OC(C)(C)C)=CCCC(=CC(=O)OC(C)(C)C)CC1C=O. The molecular formula is C22H32O7. The van der Waals surface area contributed by atoms with E-state index in [1.54, 1.807) is 47.6 Å². The molecule has 162 valence electrons. The fraction of sp³-hybridized carbons (Fsp3) is 0.636. The fourth-order valence-corrected chi connectivity index (χ4v) is 3.03. The number of carbonyl (C=O) groups excluding carboxylic acids is 4. The summed E-state index contributed by atoms with van der Waals surface area (Å²) >= 11 is 0. The van der Waals surface area contributed by atoms with Gasteiger partial charge in [0.05, 0.1) is 13.0 Å². The summed E-state index contributed by atoms with van der Waals surface area (Å²) < 4.78 is 15.6. The first-order valence-corrected chi connectivity index (χ1v) is 9.66. The number of hydrogen-bond donors (Lipinski definition) is 0. The first-order chi connectivity index (χ1) is 13.3. The molecule has 0 saturated heterocycles. The van der Waals surface area contributed by atoms with Gasteiger partial charge in [0.2, 0.25) is 0 Å². The first kappa shape index (κ1) is 24.6. The molecule has 0 fully saturated rings. The predicted octanol–water partition coefficient (Wildman–Crippen LogP) is 3.31. The fourth-order valence-electron chi connectivity index (χ4n) is 3.03. The van der Waals surface area contributed by atoms with E-state index in [1.807, 2.05) is 0 Å². The Morgan fingerprint density at radius 2 is 1.62 bits per heavy atom. The Morgan fingerprint density at radius 3 is 2.10 bits per heavy atom. The second-order valence-electron chi connectivity index (χ2n) is 9.04. The van der Waals surface area contributed by atoms with Crippen molar-refractivity contribution < 1.29 is 33.4 Å². The monoisotopic (exact) mass is 408 g/mol. The maximum atomic E-state index is 12.7. The lowest BCUT2D eigenvalue weighted by atomic mass is 9.79. The van der Waals surface area contributed by atoms with E-state index < -0.39 is 40.9 Å². The molecule has 0 aromatic heterocycles. The Bertz CT molecular complexity index is 702. The van der Waals surface area contributed by atoms with Gasteiger partial charge in [-0.05, 0) is 60.8 Å². The van der Waals surface area contributed by atoms with Gasteiger partial charge in [0.25, 0.3) is 0 Å². The van der Waals surface area contributed by atoms with Crippen molar-refractivity contribution in [3.8, 4) is 0 Å². The molecule has 1 rings (SSSR count). The summed E-state index contributed by atoms with van der Waals surface area (Å²) in [6.07, 6.45) is 4.57. The minimum atomic E-state index is -1.10. The molecule has 0 aromatic rings. The highest BCUT2D eigenvalue weighted by Crippen LogP contribution is 2.33. The van der Waals surface area contributed by atoms with E-state index in [4.69, 9.17) is 14.2 Å². The van der Waals surface area contributed by atoms with Crippen LogP contribution in [0.3, 0.4) is 0 Å². The quantitative estimate of drug-likeness (QED) is 0.305. The summed E-state index contributed by atoms with van der Waals surface area (Å²) in [4.78, 5) is 49.1. The maximum Gasteiger partial charge on any atom is 0.335 e. The molecule has 0 radical (unpaired) electrons. The summed E-state index contributed by atoms with van der Waals surface area (Å²) in [5.41, 5.74) is -0.609. The molecule has 0 aliphatic heterocycles. The average Bonchev–Trinajstić information content (AvgIpc) is 2.53. The lowest BCUT2D eigenvalue weighted by molar-refractivity contribution is -0.156.